The van der Waals surface area contributed by atoms with Crippen molar-refractivity contribution in [1.29, 1.82) is 0 Å². The predicted octanol–water partition coefficient (Wildman–Crippen LogP) is 2.69. The molecule has 4 saturated carbocycles. The molecule has 7 heteroatoms. The second kappa shape index (κ2) is 7.18. The molecule has 5 fully saturated rings. The molecule has 0 aromatic rings. The highest BCUT2D eigenvalue weighted by Crippen LogP contribution is 2.73. The number of fused-ring (bicyclic) bond motifs is 8. The molecule has 4 aliphatic carbocycles. The van der Waals surface area contributed by atoms with Crippen molar-refractivity contribution in [1.82, 2.24) is 0 Å². The molecule has 12 atom stereocenters. The van der Waals surface area contributed by atoms with E-state index >= 15 is 0 Å². The van der Waals surface area contributed by atoms with Gasteiger partial charge in [0.05, 0.1) is 23.2 Å². The van der Waals surface area contributed by atoms with Gasteiger partial charge < -0.3 is 24.8 Å². The Bertz CT molecular complexity index is 1020. The molecule has 6 rings (SSSR count). The Balaban J connectivity index is 1.37. The summed E-state index contributed by atoms with van der Waals surface area (Å²) in [7, 11) is 0. The van der Waals surface area contributed by atoms with E-state index in [0.29, 0.717) is 50.5 Å². The second-order valence-electron chi connectivity index (χ2n) is 13.1. The lowest BCUT2D eigenvalue weighted by Gasteiger charge is -2.63. The van der Waals surface area contributed by atoms with Crippen LogP contribution in [0, 0.1) is 34.5 Å². The Morgan fingerprint density at radius 1 is 1.09 bits per heavy atom. The van der Waals surface area contributed by atoms with Gasteiger partial charge in [-0.15, -0.1) is 0 Å². The molecule has 35 heavy (non-hydrogen) atoms. The maximum atomic E-state index is 13.4. The number of cyclic esters (lactones) is 1. The summed E-state index contributed by atoms with van der Waals surface area (Å²) in [4.78, 5) is 25.8. The van der Waals surface area contributed by atoms with Crippen molar-refractivity contribution in [3.63, 3.8) is 0 Å². The molecule has 2 heterocycles. The van der Waals surface area contributed by atoms with Gasteiger partial charge in [0.15, 0.2) is 0 Å². The first kappa shape index (κ1) is 24.1. The van der Waals surface area contributed by atoms with Crippen LogP contribution in [0.5, 0.6) is 0 Å². The zero-order chi connectivity index (χ0) is 25.3. The molecule has 1 saturated heterocycles. The van der Waals surface area contributed by atoms with Crippen LogP contribution >= 0.6 is 0 Å². The zero-order valence-corrected chi connectivity index (χ0v) is 21.5. The largest absolute Gasteiger partial charge is 0.458 e. The van der Waals surface area contributed by atoms with Crippen molar-refractivity contribution < 1.29 is 34.4 Å². The van der Waals surface area contributed by atoms with Crippen molar-refractivity contribution in [3.8, 4) is 0 Å². The first-order valence-electron chi connectivity index (χ1n) is 13.5. The van der Waals surface area contributed by atoms with Crippen LogP contribution < -0.4 is 0 Å². The molecule has 0 spiro atoms. The van der Waals surface area contributed by atoms with Crippen molar-refractivity contribution in [2.45, 2.75) is 115 Å². The molecule has 2 aliphatic heterocycles. The van der Waals surface area contributed by atoms with Gasteiger partial charge in [-0.2, -0.15) is 0 Å². The number of rotatable bonds is 2. The Labute approximate surface area is 207 Å². The van der Waals surface area contributed by atoms with E-state index in [1.807, 2.05) is 27.7 Å². The highest BCUT2D eigenvalue weighted by Gasteiger charge is 2.80. The Kier molecular flexibility index (Phi) is 4.94. The number of epoxide rings is 1. The van der Waals surface area contributed by atoms with Gasteiger partial charge in [0, 0.05) is 29.7 Å². The zero-order valence-electron chi connectivity index (χ0n) is 21.5. The Morgan fingerprint density at radius 3 is 2.49 bits per heavy atom. The maximum absolute atomic E-state index is 13.4. The first-order chi connectivity index (χ1) is 16.3. The van der Waals surface area contributed by atoms with Gasteiger partial charge >= 0.3 is 5.97 Å². The standard InChI is InChI=1S/C28H40O7/c1-13-11-18(34-24(31)14(13)2)15(3)27(32)10-8-16-21-17(12-20(30)25(16,27)4)26(5)19(29)7-6-9-28(26,33)23-22(21)35-23/h15-18,20-23,30,32-33H,6-12H2,1-5H3. The minimum atomic E-state index is -1.23. The van der Waals surface area contributed by atoms with E-state index in [1.165, 1.54) is 0 Å². The molecule has 0 aromatic carbocycles. The summed E-state index contributed by atoms with van der Waals surface area (Å²) < 4.78 is 11.9. The van der Waals surface area contributed by atoms with Crippen LogP contribution in [0.4, 0.5) is 0 Å². The van der Waals surface area contributed by atoms with Crippen LogP contribution in [0.15, 0.2) is 11.1 Å². The lowest BCUT2D eigenvalue weighted by Crippen LogP contribution is -2.71. The van der Waals surface area contributed by atoms with Gasteiger partial charge in [0.25, 0.3) is 0 Å². The SMILES string of the molecule is CC1=C(C)C(=O)OC(C(C)C2(O)CCC3C4C5OC5C5(O)CCCC(=O)C5(C)C4CC(O)C32C)C1. The number of ether oxygens (including phenoxy) is 2. The van der Waals surface area contributed by atoms with E-state index in [-0.39, 0.29) is 47.6 Å². The van der Waals surface area contributed by atoms with E-state index < -0.39 is 34.2 Å². The van der Waals surface area contributed by atoms with Gasteiger partial charge in [-0.25, -0.2) is 4.79 Å². The predicted molar refractivity (Wildman–Crippen MR) is 126 cm³/mol. The molecule has 6 aliphatic rings. The number of esters is 1. The second-order valence-corrected chi connectivity index (χ2v) is 13.1. The summed E-state index contributed by atoms with van der Waals surface area (Å²) in [5, 5.41) is 35.9. The summed E-state index contributed by atoms with van der Waals surface area (Å²) in [5.74, 6) is -0.844. The van der Waals surface area contributed by atoms with Crippen LogP contribution in [-0.4, -0.2) is 62.7 Å². The van der Waals surface area contributed by atoms with Crippen LogP contribution in [0.2, 0.25) is 0 Å². The molecular formula is C28H40O7. The fourth-order valence-electron chi connectivity index (χ4n) is 9.64. The van der Waals surface area contributed by atoms with Gasteiger partial charge in [-0.1, -0.05) is 19.4 Å². The molecule has 7 nitrogen and oxygen atoms in total. The average molecular weight is 489 g/mol. The van der Waals surface area contributed by atoms with Crippen LogP contribution in [-0.2, 0) is 19.1 Å². The minimum Gasteiger partial charge on any atom is -0.458 e. The third-order valence-corrected chi connectivity index (χ3v) is 12.2. The van der Waals surface area contributed by atoms with Crippen molar-refractivity contribution in [2.24, 2.45) is 34.5 Å². The summed E-state index contributed by atoms with van der Waals surface area (Å²) >= 11 is 0. The first-order valence-corrected chi connectivity index (χ1v) is 13.5. The van der Waals surface area contributed by atoms with Gasteiger partial charge in [-0.3, -0.25) is 4.79 Å². The maximum Gasteiger partial charge on any atom is 0.333 e. The third kappa shape index (κ3) is 2.66. The Hall–Kier alpha value is -1.28. The average Bonchev–Trinajstić information content (AvgIpc) is 3.56. The molecule has 0 radical (unpaired) electrons. The van der Waals surface area contributed by atoms with E-state index in [9.17, 15) is 24.9 Å². The number of carbonyl (C=O) groups is 2. The highest BCUT2D eigenvalue weighted by atomic mass is 16.6. The smallest absolute Gasteiger partial charge is 0.333 e. The topological polar surface area (TPSA) is 117 Å². The number of ketones is 1. The lowest BCUT2D eigenvalue weighted by atomic mass is 9.42. The van der Waals surface area contributed by atoms with Crippen LogP contribution in [0.25, 0.3) is 0 Å². The van der Waals surface area contributed by atoms with Crippen molar-refractivity contribution in [3.05, 3.63) is 11.1 Å². The molecule has 0 bridgehead atoms. The summed E-state index contributed by atoms with van der Waals surface area (Å²) in [6, 6.07) is 0. The number of Topliss-reactive ketones (excluding diaryl/α,β-unsaturated/α-hetero) is 1. The molecule has 0 amide bonds. The quantitative estimate of drug-likeness (QED) is 0.404. The third-order valence-electron chi connectivity index (χ3n) is 12.2. The number of aliphatic hydroxyl groups is 3. The van der Waals surface area contributed by atoms with Crippen LogP contribution in [0.3, 0.4) is 0 Å². The van der Waals surface area contributed by atoms with Gasteiger partial charge in [0.2, 0.25) is 0 Å². The van der Waals surface area contributed by atoms with Crippen molar-refractivity contribution >= 4 is 11.8 Å². The number of hydrogen-bond acceptors (Lipinski definition) is 7. The lowest BCUT2D eigenvalue weighted by molar-refractivity contribution is -0.238. The van der Waals surface area contributed by atoms with Gasteiger partial charge in [0.1, 0.15) is 23.6 Å². The highest BCUT2D eigenvalue weighted by molar-refractivity contribution is 5.89. The van der Waals surface area contributed by atoms with E-state index in [1.54, 1.807) is 6.92 Å². The fraction of sp³-hybridized carbons (Fsp3) is 0.857. The molecule has 12 unspecified atom stereocenters. The molecular weight excluding hydrogens is 448 g/mol. The van der Waals surface area contributed by atoms with E-state index in [2.05, 4.69) is 0 Å². The summed E-state index contributed by atoms with van der Waals surface area (Å²) in [6.45, 7) is 9.55. The number of hydrogen-bond donors (Lipinski definition) is 3. The fourth-order valence-corrected chi connectivity index (χ4v) is 9.64. The van der Waals surface area contributed by atoms with E-state index in [0.717, 1.165) is 5.57 Å². The molecule has 194 valence electrons. The molecule has 3 N–H and O–H groups in total. The summed E-state index contributed by atoms with van der Waals surface area (Å²) in [5.41, 5.74) is -2.57. The van der Waals surface area contributed by atoms with E-state index in [4.69, 9.17) is 9.47 Å². The molecule has 0 aromatic heterocycles. The summed E-state index contributed by atoms with van der Waals surface area (Å²) in [6.07, 6.45) is 2.04. The number of aliphatic hydroxyl groups excluding tert-OH is 1. The Morgan fingerprint density at radius 2 is 1.80 bits per heavy atom. The van der Waals surface area contributed by atoms with Gasteiger partial charge in [-0.05, 0) is 70.6 Å². The monoisotopic (exact) mass is 488 g/mol. The minimum absolute atomic E-state index is 0.000248. The van der Waals surface area contributed by atoms with Crippen LogP contribution in [0.1, 0.15) is 79.6 Å². The van der Waals surface area contributed by atoms with Crippen molar-refractivity contribution in [2.75, 3.05) is 0 Å². The number of carbonyl (C=O) groups excluding carboxylic acids is 2. The normalized spacial score (nSPS) is 55.9.